The lowest BCUT2D eigenvalue weighted by Crippen LogP contribution is -2.46. The standard InChI is InChI=1S/C18H29N5O/c19-17(22-16-6-2-5-9-20-16)21-14-18(7-3-1-4-8-18)15-23-10-12-24-13-11-23/h2,5-6,9H,1,3-4,7-8,10-15H2,(H3,19,20,21,22). The molecule has 0 spiro atoms. The van der Waals surface area contributed by atoms with Crippen LogP contribution in [0.3, 0.4) is 0 Å². The molecule has 2 heterocycles. The number of rotatable bonds is 5. The first-order valence-corrected chi connectivity index (χ1v) is 9.04. The van der Waals surface area contributed by atoms with Crippen LogP contribution in [-0.2, 0) is 4.74 Å². The van der Waals surface area contributed by atoms with Crippen LogP contribution in [0.15, 0.2) is 29.4 Å². The van der Waals surface area contributed by atoms with Crippen LogP contribution >= 0.6 is 0 Å². The van der Waals surface area contributed by atoms with Crippen molar-refractivity contribution in [3.8, 4) is 0 Å². The van der Waals surface area contributed by atoms with Crippen LogP contribution in [-0.4, -0.2) is 55.2 Å². The molecule has 0 atom stereocenters. The molecule has 1 aromatic heterocycles. The number of nitrogens with two attached hydrogens (primary N) is 1. The van der Waals surface area contributed by atoms with Crippen LogP contribution < -0.4 is 11.1 Å². The highest BCUT2D eigenvalue weighted by Gasteiger charge is 2.34. The maximum Gasteiger partial charge on any atom is 0.194 e. The van der Waals surface area contributed by atoms with Gasteiger partial charge in [-0.05, 0) is 25.0 Å². The quantitative estimate of drug-likeness (QED) is 0.638. The van der Waals surface area contributed by atoms with E-state index in [4.69, 9.17) is 10.5 Å². The van der Waals surface area contributed by atoms with Crippen LogP contribution in [0.4, 0.5) is 5.82 Å². The Kier molecular flexibility index (Phi) is 6.04. The van der Waals surface area contributed by atoms with Gasteiger partial charge < -0.3 is 15.8 Å². The summed E-state index contributed by atoms with van der Waals surface area (Å²) < 4.78 is 5.48. The normalized spacial score (nSPS) is 22.2. The lowest BCUT2D eigenvalue weighted by Gasteiger charge is -2.41. The molecule has 0 amide bonds. The average Bonchev–Trinajstić information content (AvgIpc) is 2.63. The molecule has 132 valence electrons. The van der Waals surface area contributed by atoms with Crippen molar-refractivity contribution in [3.05, 3.63) is 24.4 Å². The minimum atomic E-state index is 0.256. The summed E-state index contributed by atoms with van der Waals surface area (Å²) in [5.41, 5.74) is 6.34. The number of aromatic nitrogens is 1. The summed E-state index contributed by atoms with van der Waals surface area (Å²) in [6.45, 7) is 5.67. The molecule has 6 heteroatoms. The van der Waals surface area contributed by atoms with Crippen LogP contribution in [0, 0.1) is 5.41 Å². The molecule has 24 heavy (non-hydrogen) atoms. The zero-order chi connectivity index (χ0) is 16.7. The third kappa shape index (κ3) is 4.92. The fraction of sp³-hybridized carbons (Fsp3) is 0.667. The molecule has 1 aliphatic carbocycles. The summed E-state index contributed by atoms with van der Waals surface area (Å²) >= 11 is 0. The van der Waals surface area contributed by atoms with Gasteiger partial charge >= 0.3 is 0 Å². The molecule has 1 saturated heterocycles. The Labute approximate surface area is 144 Å². The van der Waals surface area contributed by atoms with Crippen LogP contribution in [0.1, 0.15) is 32.1 Å². The molecule has 0 unspecified atom stereocenters. The van der Waals surface area contributed by atoms with E-state index in [1.807, 2.05) is 18.2 Å². The van der Waals surface area contributed by atoms with Gasteiger partial charge in [-0.3, -0.25) is 9.89 Å². The van der Waals surface area contributed by atoms with Crippen molar-refractivity contribution in [2.75, 3.05) is 44.7 Å². The Bertz CT molecular complexity index is 521. The van der Waals surface area contributed by atoms with Gasteiger partial charge in [-0.15, -0.1) is 0 Å². The van der Waals surface area contributed by atoms with Crippen LogP contribution in [0.5, 0.6) is 0 Å². The van der Waals surface area contributed by atoms with Crippen LogP contribution in [0.25, 0.3) is 0 Å². The van der Waals surface area contributed by atoms with Gasteiger partial charge in [0.15, 0.2) is 5.96 Å². The summed E-state index contributed by atoms with van der Waals surface area (Å²) in [5, 5.41) is 3.09. The summed E-state index contributed by atoms with van der Waals surface area (Å²) in [6, 6.07) is 5.72. The van der Waals surface area contributed by atoms with Gasteiger partial charge in [-0.2, -0.15) is 0 Å². The first kappa shape index (κ1) is 17.2. The number of anilines is 1. The summed E-state index contributed by atoms with van der Waals surface area (Å²) in [7, 11) is 0. The fourth-order valence-electron chi connectivity index (χ4n) is 3.76. The average molecular weight is 331 g/mol. The smallest absolute Gasteiger partial charge is 0.194 e. The van der Waals surface area contributed by atoms with Gasteiger partial charge in [0.05, 0.1) is 13.2 Å². The predicted molar refractivity (Wildman–Crippen MR) is 97.1 cm³/mol. The molecule has 0 bridgehead atoms. The second kappa shape index (κ2) is 8.44. The minimum Gasteiger partial charge on any atom is -0.379 e. The highest BCUT2D eigenvalue weighted by molar-refractivity contribution is 5.91. The van der Waals surface area contributed by atoms with E-state index in [1.54, 1.807) is 6.20 Å². The lowest BCUT2D eigenvalue weighted by molar-refractivity contribution is 0.00940. The number of guanidine groups is 1. The monoisotopic (exact) mass is 331 g/mol. The third-order valence-corrected chi connectivity index (χ3v) is 5.08. The molecule has 6 nitrogen and oxygen atoms in total. The number of aliphatic imine (C=N–C) groups is 1. The van der Waals surface area contributed by atoms with Crippen molar-refractivity contribution in [2.24, 2.45) is 16.1 Å². The largest absolute Gasteiger partial charge is 0.379 e. The summed E-state index contributed by atoms with van der Waals surface area (Å²) in [4.78, 5) is 11.4. The van der Waals surface area contributed by atoms with Crippen LogP contribution in [0.2, 0.25) is 0 Å². The Hall–Kier alpha value is -1.66. The van der Waals surface area contributed by atoms with Crippen molar-refractivity contribution in [3.63, 3.8) is 0 Å². The predicted octanol–water partition coefficient (Wildman–Crippen LogP) is 2.09. The number of hydrogen-bond acceptors (Lipinski definition) is 4. The molecular weight excluding hydrogens is 302 g/mol. The fourth-order valence-corrected chi connectivity index (χ4v) is 3.76. The zero-order valence-electron chi connectivity index (χ0n) is 14.4. The van der Waals surface area contributed by atoms with E-state index in [-0.39, 0.29) is 5.41 Å². The molecule has 1 aliphatic heterocycles. The van der Waals surface area contributed by atoms with Gasteiger partial charge in [-0.1, -0.05) is 25.3 Å². The molecule has 0 aromatic carbocycles. The van der Waals surface area contributed by atoms with E-state index in [2.05, 4.69) is 20.2 Å². The van der Waals surface area contributed by atoms with E-state index in [9.17, 15) is 0 Å². The Morgan fingerprint density at radius 1 is 1.25 bits per heavy atom. The molecule has 2 aliphatic rings. The Morgan fingerprint density at radius 2 is 2.04 bits per heavy atom. The van der Waals surface area contributed by atoms with E-state index >= 15 is 0 Å². The number of nitrogens with one attached hydrogen (secondary N) is 1. The number of pyridine rings is 1. The van der Waals surface area contributed by atoms with E-state index in [0.717, 1.165) is 45.2 Å². The molecule has 3 rings (SSSR count). The molecular formula is C18H29N5O. The Morgan fingerprint density at radius 3 is 2.75 bits per heavy atom. The highest BCUT2D eigenvalue weighted by atomic mass is 16.5. The summed E-state index contributed by atoms with van der Waals surface area (Å²) in [6.07, 6.45) is 8.17. The maximum absolute atomic E-state index is 6.08. The van der Waals surface area contributed by atoms with Crippen molar-refractivity contribution >= 4 is 11.8 Å². The lowest BCUT2D eigenvalue weighted by atomic mass is 9.73. The van der Waals surface area contributed by atoms with E-state index in [0.29, 0.717) is 5.96 Å². The molecule has 2 fully saturated rings. The Balaban J connectivity index is 1.61. The molecule has 0 radical (unpaired) electrons. The van der Waals surface area contributed by atoms with Gasteiger partial charge in [-0.25, -0.2) is 4.98 Å². The van der Waals surface area contributed by atoms with Gasteiger partial charge in [0.25, 0.3) is 0 Å². The second-order valence-electron chi connectivity index (χ2n) is 6.99. The van der Waals surface area contributed by atoms with Gasteiger partial charge in [0.2, 0.25) is 0 Å². The molecule has 3 N–H and O–H groups in total. The highest BCUT2D eigenvalue weighted by Crippen LogP contribution is 2.37. The number of nitrogens with zero attached hydrogens (tertiary/aromatic N) is 3. The topological polar surface area (TPSA) is 75.8 Å². The van der Waals surface area contributed by atoms with E-state index in [1.165, 1.54) is 32.1 Å². The van der Waals surface area contributed by atoms with Crippen molar-refractivity contribution in [2.45, 2.75) is 32.1 Å². The van der Waals surface area contributed by atoms with Gasteiger partial charge in [0.1, 0.15) is 5.82 Å². The van der Waals surface area contributed by atoms with Crippen molar-refractivity contribution in [1.29, 1.82) is 0 Å². The number of morpholine rings is 1. The van der Waals surface area contributed by atoms with Crippen molar-refractivity contribution in [1.82, 2.24) is 9.88 Å². The maximum atomic E-state index is 6.08. The molecule has 1 aromatic rings. The second-order valence-corrected chi connectivity index (χ2v) is 6.99. The third-order valence-electron chi connectivity index (χ3n) is 5.08. The summed E-state index contributed by atoms with van der Waals surface area (Å²) in [5.74, 6) is 1.20. The minimum absolute atomic E-state index is 0.256. The SMILES string of the molecule is NC(=NCC1(CN2CCOCC2)CCCCC1)Nc1ccccn1. The van der Waals surface area contributed by atoms with Crippen molar-refractivity contribution < 1.29 is 4.74 Å². The zero-order valence-corrected chi connectivity index (χ0v) is 14.4. The number of ether oxygens (including phenoxy) is 1. The number of hydrogen-bond donors (Lipinski definition) is 2. The van der Waals surface area contributed by atoms with E-state index < -0.39 is 0 Å². The first-order valence-electron chi connectivity index (χ1n) is 9.04. The molecule has 1 saturated carbocycles. The first-order chi connectivity index (χ1) is 11.8. The van der Waals surface area contributed by atoms with Gasteiger partial charge in [0, 0.05) is 37.8 Å².